The number of hydrogen-bond acceptors (Lipinski definition) is 2. The summed E-state index contributed by atoms with van der Waals surface area (Å²) in [5.74, 6) is 0. The molecule has 0 saturated heterocycles. The summed E-state index contributed by atoms with van der Waals surface area (Å²) in [5.41, 5.74) is 2.58. The Morgan fingerprint density at radius 3 is 2.86 bits per heavy atom. The topological polar surface area (TPSA) is 33.1 Å². The maximum absolute atomic E-state index is 8.95. The van der Waals surface area contributed by atoms with E-state index in [-0.39, 0.29) is 6.61 Å². The first kappa shape index (κ1) is 9.44. The van der Waals surface area contributed by atoms with Crippen molar-refractivity contribution < 1.29 is 5.11 Å². The van der Waals surface area contributed by atoms with Crippen molar-refractivity contribution in [3.8, 4) is 0 Å². The molecule has 0 fully saturated rings. The molecule has 0 aliphatic rings. The van der Waals surface area contributed by atoms with Crippen LogP contribution in [0.3, 0.4) is 0 Å². The molecule has 14 heavy (non-hydrogen) atoms. The van der Waals surface area contributed by atoms with Crippen LogP contribution in [0.2, 0.25) is 5.02 Å². The van der Waals surface area contributed by atoms with Crippen molar-refractivity contribution in [2.75, 3.05) is 0 Å². The van der Waals surface area contributed by atoms with Gasteiger partial charge in [-0.15, -0.1) is 0 Å². The molecule has 2 nitrogen and oxygen atoms in total. The number of pyridine rings is 1. The molecule has 1 N–H and O–H groups in total. The molecule has 1 aromatic heterocycles. The Labute approximate surface area is 87.2 Å². The zero-order valence-electron chi connectivity index (χ0n) is 7.79. The zero-order valence-corrected chi connectivity index (χ0v) is 8.54. The molecule has 0 atom stereocenters. The summed E-state index contributed by atoms with van der Waals surface area (Å²) in [7, 11) is 0. The number of nitrogens with zero attached hydrogens (tertiary/aromatic N) is 1. The Hall–Kier alpha value is -1.12. The molecular weight excluding hydrogens is 198 g/mol. The number of fused-ring (bicyclic) bond motifs is 1. The second-order valence-electron chi connectivity index (χ2n) is 3.27. The van der Waals surface area contributed by atoms with E-state index in [2.05, 4.69) is 4.98 Å². The number of aryl methyl sites for hydroxylation is 1. The average molecular weight is 208 g/mol. The van der Waals surface area contributed by atoms with Gasteiger partial charge in [-0.25, -0.2) is 0 Å². The third-order valence-corrected chi connectivity index (χ3v) is 2.44. The van der Waals surface area contributed by atoms with E-state index < -0.39 is 0 Å². The minimum Gasteiger partial charge on any atom is -0.390 e. The fourth-order valence-corrected chi connectivity index (χ4v) is 1.71. The van der Waals surface area contributed by atoms with Crippen LogP contribution in [-0.2, 0) is 6.61 Å². The summed E-state index contributed by atoms with van der Waals surface area (Å²) in [6, 6.07) is 7.58. The Morgan fingerprint density at radius 1 is 1.36 bits per heavy atom. The lowest BCUT2D eigenvalue weighted by molar-refractivity contribution is 0.277. The molecule has 0 spiro atoms. The lowest BCUT2D eigenvalue weighted by atomic mass is 10.1. The van der Waals surface area contributed by atoms with Crippen molar-refractivity contribution in [1.82, 2.24) is 4.98 Å². The minimum atomic E-state index is -0.0798. The van der Waals surface area contributed by atoms with Crippen LogP contribution >= 0.6 is 11.6 Å². The lowest BCUT2D eigenvalue weighted by Gasteiger charge is -2.03. The summed E-state index contributed by atoms with van der Waals surface area (Å²) in [6.07, 6.45) is 0. The Morgan fingerprint density at radius 2 is 2.14 bits per heavy atom. The summed E-state index contributed by atoms with van der Waals surface area (Å²) in [4.78, 5) is 4.26. The van der Waals surface area contributed by atoms with E-state index >= 15 is 0 Å². The molecule has 72 valence electrons. The predicted molar refractivity (Wildman–Crippen MR) is 57.4 cm³/mol. The normalized spacial score (nSPS) is 10.8. The minimum absolute atomic E-state index is 0.0798. The number of aromatic nitrogens is 1. The van der Waals surface area contributed by atoms with Crippen molar-refractivity contribution in [2.24, 2.45) is 0 Å². The van der Waals surface area contributed by atoms with Gasteiger partial charge in [0.1, 0.15) is 0 Å². The fraction of sp³-hybridized carbons (Fsp3) is 0.182. The second kappa shape index (κ2) is 3.56. The van der Waals surface area contributed by atoms with Gasteiger partial charge < -0.3 is 5.11 Å². The number of rotatable bonds is 1. The van der Waals surface area contributed by atoms with E-state index in [0.29, 0.717) is 10.7 Å². The molecule has 0 aliphatic heterocycles. The average Bonchev–Trinajstić information content (AvgIpc) is 2.19. The summed E-state index contributed by atoms with van der Waals surface area (Å²) < 4.78 is 0. The van der Waals surface area contributed by atoms with E-state index in [4.69, 9.17) is 16.7 Å². The summed E-state index contributed by atoms with van der Waals surface area (Å²) in [5, 5.41) is 10.5. The second-order valence-corrected chi connectivity index (χ2v) is 3.68. The highest BCUT2D eigenvalue weighted by Gasteiger charge is 2.03. The highest BCUT2D eigenvalue weighted by atomic mass is 35.5. The molecule has 0 radical (unpaired) electrons. The van der Waals surface area contributed by atoms with Crippen LogP contribution < -0.4 is 0 Å². The van der Waals surface area contributed by atoms with Gasteiger partial charge in [-0.2, -0.15) is 0 Å². The van der Waals surface area contributed by atoms with Gasteiger partial charge in [-0.3, -0.25) is 4.98 Å². The van der Waals surface area contributed by atoms with Crippen molar-refractivity contribution >= 4 is 22.5 Å². The molecule has 3 heteroatoms. The van der Waals surface area contributed by atoms with Crippen molar-refractivity contribution in [1.29, 1.82) is 0 Å². The molecule has 2 aromatic rings. The van der Waals surface area contributed by atoms with Gasteiger partial charge in [-0.05, 0) is 25.1 Å². The number of benzene rings is 1. The van der Waals surface area contributed by atoms with Gasteiger partial charge >= 0.3 is 0 Å². The van der Waals surface area contributed by atoms with Crippen LogP contribution in [0, 0.1) is 6.92 Å². The van der Waals surface area contributed by atoms with Gasteiger partial charge in [0.25, 0.3) is 0 Å². The van der Waals surface area contributed by atoms with E-state index in [1.54, 1.807) is 6.07 Å². The first-order valence-electron chi connectivity index (χ1n) is 4.37. The maximum atomic E-state index is 8.95. The molecule has 1 aromatic carbocycles. The van der Waals surface area contributed by atoms with Gasteiger partial charge in [0.05, 0.1) is 22.8 Å². The van der Waals surface area contributed by atoms with Gasteiger partial charge in [0.2, 0.25) is 0 Å². The maximum Gasteiger partial charge on any atom is 0.0853 e. The van der Waals surface area contributed by atoms with Crippen LogP contribution in [0.4, 0.5) is 0 Å². The van der Waals surface area contributed by atoms with Crippen molar-refractivity contribution in [2.45, 2.75) is 13.5 Å². The standard InChI is InChI=1S/C11H10ClNO/c1-7-2-3-11-9(4-7)10(12)5-8(6-14)13-11/h2-5,14H,6H2,1H3. The monoisotopic (exact) mass is 207 g/mol. The highest BCUT2D eigenvalue weighted by molar-refractivity contribution is 6.35. The lowest BCUT2D eigenvalue weighted by Crippen LogP contribution is -1.90. The van der Waals surface area contributed by atoms with Crippen LogP contribution in [0.5, 0.6) is 0 Å². The zero-order chi connectivity index (χ0) is 10.1. The first-order chi connectivity index (χ1) is 6.70. The van der Waals surface area contributed by atoms with Crippen LogP contribution in [0.15, 0.2) is 24.3 Å². The third-order valence-electron chi connectivity index (χ3n) is 2.13. The van der Waals surface area contributed by atoms with Crippen LogP contribution in [-0.4, -0.2) is 10.1 Å². The highest BCUT2D eigenvalue weighted by Crippen LogP contribution is 2.23. The van der Waals surface area contributed by atoms with Gasteiger partial charge in [0.15, 0.2) is 0 Å². The molecule has 0 amide bonds. The molecule has 0 unspecified atom stereocenters. The molecule has 0 saturated carbocycles. The number of hydrogen-bond donors (Lipinski definition) is 1. The Kier molecular flexibility index (Phi) is 2.40. The summed E-state index contributed by atoms with van der Waals surface area (Å²) >= 11 is 6.06. The Bertz CT molecular complexity index is 482. The van der Waals surface area contributed by atoms with Gasteiger partial charge in [0, 0.05) is 5.39 Å². The van der Waals surface area contributed by atoms with Crippen molar-refractivity contribution in [3.05, 3.63) is 40.5 Å². The molecular formula is C11H10ClNO. The SMILES string of the molecule is Cc1ccc2nc(CO)cc(Cl)c2c1. The van der Waals surface area contributed by atoms with Crippen molar-refractivity contribution in [3.63, 3.8) is 0 Å². The number of aliphatic hydroxyl groups is 1. The molecule has 1 heterocycles. The third kappa shape index (κ3) is 1.59. The van der Waals surface area contributed by atoms with E-state index in [0.717, 1.165) is 16.5 Å². The van der Waals surface area contributed by atoms with Crippen LogP contribution in [0.25, 0.3) is 10.9 Å². The summed E-state index contributed by atoms with van der Waals surface area (Å²) in [6.45, 7) is 1.93. The van der Waals surface area contributed by atoms with Crippen LogP contribution in [0.1, 0.15) is 11.3 Å². The molecule has 0 bridgehead atoms. The Balaban J connectivity index is 2.76. The fourth-order valence-electron chi connectivity index (χ4n) is 1.43. The van der Waals surface area contributed by atoms with E-state index in [1.807, 2.05) is 25.1 Å². The van der Waals surface area contributed by atoms with E-state index in [1.165, 1.54) is 0 Å². The van der Waals surface area contributed by atoms with Gasteiger partial charge in [-0.1, -0.05) is 23.2 Å². The molecule has 2 rings (SSSR count). The predicted octanol–water partition coefficient (Wildman–Crippen LogP) is 2.69. The largest absolute Gasteiger partial charge is 0.390 e. The smallest absolute Gasteiger partial charge is 0.0853 e. The van der Waals surface area contributed by atoms with E-state index in [9.17, 15) is 0 Å². The first-order valence-corrected chi connectivity index (χ1v) is 4.75. The quantitative estimate of drug-likeness (QED) is 0.780. The number of aliphatic hydroxyl groups excluding tert-OH is 1. The molecule has 0 aliphatic carbocycles. The number of halogens is 1.